The van der Waals surface area contributed by atoms with Crippen LogP contribution in [0.1, 0.15) is 27.2 Å². The van der Waals surface area contributed by atoms with Gasteiger partial charge in [0, 0.05) is 32.4 Å². The molecule has 1 aromatic rings. The molecule has 2 rings (SSSR count). The van der Waals surface area contributed by atoms with Gasteiger partial charge >= 0.3 is 0 Å². The molecular weight excluding hydrogens is 260 g/mol. The van der Waals surface area contributed by atoms with Crippen LogP contribution in [-0.4, -0.2) is 52.3 Å². The van der Waals surface area contributed by atoms with E-state index in [-0.39, 0.29) is 0 Å². The third-order valence-corrected chi connectivity index (χ3v) is 3.78. The first kappa shape index (κ1) is 14.8. The van der Waals surface area contributed by atoms with E-state index < -0.39 is 0 Å². The summed E-state index contributed by atoms with van der Waals surface area (Å²) in [6.45, 7) is 13.5. The third kappa shape index (κ3) is 5.13. The van der Waals surface area contributed by atoms with Gasteiger partial charge in [-0.2, -0.15) is 5.10 Å². The lowest BCUT2D eigenvalue weighted by Gasteiger charge is -2.35. The molecule has 19 heavy (non-hydrogen) atoms. The lowest BCUT2D eigenvalue weighted by Crippen LogP contribution is -2.47. The first-order valence-corrected chi connectivity index (χ1v) is 7.43. The van der Waals surface area contributed by atoms with Crippen molar-refractivity contribution < 1.29 is 0 Å². The second kappa shape index (κ2) is 6.25. The van der Waals surface area contributed by atoms with Crippen molar-refractivity contribution in [3.63, 3.8) is 0 Å². The van der Waals surface area contributed by atoms with Gasteiger partial charge in [0.05, 0.1) is 17.9 Å². The summed E-state index contributed by atoms with van der Waals surface area (Å²) in [5.41, 5.74) is 0.433. The molecule has 1 saturated heterocycles. The quantitative estimate of drug-likeness (QED) is 0.849. The minimum Gasteiger partial charge on any atom is -0.301 e. The van der Waals surface area contributed by atoms with Crippen LogP contribution >= 0.6 is 11.6 Å². The zero-order valence-electron chi connectivity index (χ0n) is 12.3. The average Bonchev–Trinajstić information content (AvgIpc) is 2.73. The number of rotatable bonds is 4. The van der Waals surface area contributed by atoms with Crippen LogP contribution < -0.4 is 0 Å². The molecule has 0 N–H and O–H groups in total. The summed E-state index contributed by atoms with van der Waals surface area (Å²) in [5.74, 6) is 0. The molecule has 1 aliphatic heterocycles. The molecule has 1 aliphatic rings. The Balaban J connectivity index is 1.70. The van der Waals surface area contributed by atoms with E-state index in [2.05, 4.69) is 35.7 Å². The fraction of sp³-hybridized carbons (Fsp3) is 0.786. The molecule has 1 aromatic heterocycles. The molecule has 5 heteroatoms. The van der Waals surface area contributed by atoms with Gasteiger partial charge in [-0.05, 0) is 18.4 Å². The van der Waals surface area contributed by atoms with Crippen molar-refractivity contribution in [1.29, 1.82) is 0 Å². The molecule has 0 spiro atoms. The van der Waals surface area contributed by atoms with Crippen molar-refractivity contribution in [3.05, 3.63) is 17.4 Å². The van der Waals surface area contributed by atoms with Crippen molar-refractivity contribution in [3.8, 4) is 0 Å². The number of piperazine rings is 1. The fourth-order valence-electron chi connectivity index (χ4n) is 2.27. The molecule has 0 aliphatic carbocycles. The highest BCUT2D eigenvalue weighted by Gasteiger charge is 2.19. The molecular formula is C14H25ClN4. The Morgan fingerprint density at radius 3 is 2.32 bits per heavy atom. The Hall–Kier alpha value is -0.580. The Kier molecular flexibility index (Phi) is 4.87. The average molecular weight is 285 g/mol. The van der Waals surface area contributed by atoms with Crippen LogP contribution in [0.3, 0.4) is 0 Å². The number of hydrogen-bond acceptors (Lipinski definition) is 3. The van der Waals surface area contributed by atoms with Crippen LogP contribution in [0.2, 0.25) is 5.02 Å². The van der Waals surface area contributed by atoms with Crippen LogP contribution in [0.5, 0.6) is 0 Å². The zero-order chi connectivity index (χ0) is 13.9. The SMILES string of the molecule is CC(C)(C)CCN1CCN(Cn2cc(Cl)cn2)CC1. The van der Waals surface area contributed by atoms with E-state index in [1.54, 1.807) is 6.20 Å². The molecule has 4 nitrogen and oxygen atoms in total. The van der Waals surface area contributed by atoms with E-state index in [0.29, 0.717) is 10.4 Å². The van der Waals surface area contributed by atoms with Crippen LogP contribution in [0, 0.1) is 5.41 Å². The molecule has 2 heterocycles. The van der Waals surface area contributed by atoms with Crippen LogP contribution in [0.25, 0.3) is 0 Å². The summed E-state index contributed by atoms with van der Waals surface area (Å²) >= 11 is 5.88. The highest BCUT2D eigenvalue weighted by molar-refractivity contribution is 6.30. The topological polar surface area (TPSA) is 24.3 Å². The molecule has 0 aromatic carbocycles. The van der Waals surface area contributed by atoms with Crippen LogP contribution in [0.15, 0.2) is 12.4 Å². The van der Waals surface area contributed by atoms with E-state index >= 15 is 0 Å². The molecule has 0 atom stereocenters. The number of aromatic nitrogens is 2. The van der Waals surface area contributed by atoms with Crippen molar-refractivity contribution >= 4 is 11.6 Å². The van der Waals surface area contributed by atoms with Gasteiger partial charge in [-0.1, -0.05) is 32.4 Å². The smallest absolute Gasteiger partial charge is 0.0930 e. The van der Waals surface area contributed by atoms with E-state index in [9.17, 15) is 0 Å². The standard InChI is InChI=1S/C14H25ClN4/c1-14(2,3)4-5-17-6-8-18(9-7-17)12-19-11-13(15)10-16-19/h10-11H,4-9,12H2,1-3H3. The van der Waals surface area contributed by atoms with E-state index in [1.165, 1.54) is 13.0 Å². The molecule has 108 valence electrons. The van der Waals surface area contributed by atoms with Crippen molar-refractivity contribution in [1.82, 2.24) is 19.6 Å². The minimum absolute atomic E-state index is 0.433. The highest BCUT2D eigenvalue weighted by Crippen LogP contribution is 2.19. The van der Waals surface area contributed by atoms with Crippen molar-refractivity contribution in [2.24, 2.45) is 5.41 Å². The normalized spacial score (nSPS) is 18.9. The van der Waals surface area contributed by atoms with Crippen LogP contribution in [0.4, 0.5) is 0 Å². The molecule has 0 bridgehead atoms. The van der Waals surface area contributed by atoms with Gasteiger partial charge in [-0.3, -0.25) is 9.58 Å². The number of hydrogen-bond donors (Lipinski definition) is 0. The highest BCUT2D eigenvalue weighted by atomic mass is 35.5. The van der Waals surface area contributed by atoms with Gasteiger partial charge < -0.3 is 4.90 Å². The van der Waals surface area contributed by atoms with Gasteiger partial charge in [0.25, 0.3) is 0 Å². The van der Waals surface area contributed by atoms with Gasteiger partial charge in [-0.15, -0.1) is 0 Å². The van der Waals surface area contributed by atoms with Crippen molar-refractivity contribution in [2.75, 3.05) is 32.7 Å². The summed E-state index contributed by atoms with van der Waals surface area (Å²) in [6, 6.07) is 0. The third-order valence-electron chi connectivity index (χ3n) is 3.59. The Bertz CT molecular complexity index is 388. The number of halogens is 1. The molecule has 0 radical (unpaired) electrons. The predicted octanol–water partition coefficient (Wildman–Crippen LogP) is 2.55. The fourth-order valence-corrected chi connectivity index (χ4v) is 2.42. The van der Waals surface area contributed by atoms with Gasteiger partial charge in [0.15, 0.2) is 0 Å². The molecule has 1 fully saturated rings. The maximum atomic E-state index is 5.88. The maximum Gasteiger partial charge on any atom is 0.0930 e. The van der Waals surface area contributed by atoms with Gasteiger partial charge in [0.2, 0.25) is 0 Å². The van der Waals surface area contributed by atoms with E-state index in [0.717, 1.165) is 32.8 Å². The largest absolute Gasteiger partial charge is 0.301 e. The lowest BCUT2D eigenvalue weighted by atomic mass is 9.92. The van der Waals surface area contributed by atoms with E-state index in [1.807, 2.05) is 10.9 Å². The summed E-state index contributed by atoms with van der Waals surface area (Å²) in [5, 5.41) is 4.94. The minimum atomic E-state index is 0.433. The Morgan fingerprint density at radius 2 is 1.79 bits per heavy atom. The van der Waals surface area contributed by atoms with E-state index in [4.69, 9.17) is 11.6 Å². The summed E-state index contributed by atoms with van der Waals surface area (Å²) in [6.07, 6.45) is 4.84. The summed E-state index contributed by atoms with van der Waals surface area (Å²) < 4.78 is 1.91. The molecule has 0 unspecified atom stereocenters. The number of nitrogens with zero attached hydrogens (tertiary/aromatic N) is 4. The second-order valence-electron chi connectivity index (χ2n) is 6.61. The van der Waals surface area contributed by atoms with Gasteiger partial charge in [-0.25, -0.2) is 0 Å². The summed E-state index contributed by atoms with van der Waals surface area (Å²) in [4.78, 5) is 4.99. The Labute approximate surface area is 121 Å². The first-order valence-electron chi connectivity index (χ1n) is 7.05. The second-order valence-corrected chi connectivity index (χ2v) is 7.05. The zero-order valence-corrected chi connectivity index (χ0v) is 13.0. The Morgan fingerprint density at radius 1 is 1.16 bits per heavy atom. The molecule has 0 amide bonds. The first-order chi connectivity index (χ1) is 8.92. The summed E-state index contributed by atoms with van der Waals surface area (Å²) in [7, 11) is 0. The predicted molar refractivity (Wildman–Crippen MR) is 79.3 cm³/mol. The maximum absolute atomic E-state index is 5.88. The van der Waals surface area contributed by atoms with Gasteiger partial charge in [0.1, 0.15) is 0 Å². The van der Waals surface area contributed by atoms with Crippen LogP contribution in [-0.2, 0) is 6.67 Å². The molecule has 0 saturated carbocycles. The van der Waals surface area contributed by atoms with Crippen molar-refractivity contribution in [2.45, 2.75) is 33.9 Å². The monoisotopic (exact) mass is 284 g/mol. The lowest BCUT2D eigenvalue weighted by molar-refractivity contribution is 0.0954.